The summed E-state index contributed by atoms with van der Waals surface area (Å²) >= 11 is 1.22. The Morgan fingerprint density at radius 1 is 1.23 bits per heavy atom. The second-order valence-corrected chi connectivity index (χ2v) is 5.56. The van der Waals surface area contributed by atoms with Crippen LogP contribution in [-0.4, -0.2) is 13.4 Å². The lowest BCUT2D eigenvalue weighted by Crippen LogP contribution is -1.99. The Kier molecular flexibility index (Phi) is 1.97. The third-order valence-corrected chi connectivity index (χ3v) is 4.73. The molecule has 3 nitrogen and oxygen atoms in total. The molecule has 0 bridgehead atoms. The second kappa shape index (κ2) is 3.01. The molecule has 2 rings (SSSR count). The number of rotatable bonds is 2. The van der Waals surface area contributed by atoms with Gasteiger partial charge < -0.3 is 4.98 Å². The highest BCUT2D eigenvalue weighted by atomic mass is 32.2. The summed E-state index contributed by atoms with van der Waals surface area (Å²) in [5.74, 6) is 0. The number of hydrogen-bond donors (Lipinski definition) is 1. The maximum Gasteiger partial charge on any atom is 0.231 e. The highest BCUT2D eigenvalue weighted by molar-refractivity contribution is 7.93. The van der Waals surface area contributed by atoms with E-state index in [1.807, 2.05) is 0 Å². The molecule has 0 aromatic carbocycles. The smallest absolute Gasteiger partial charge is 0.231 e. The molecular weight excluding hydrogens is 206 g/mol. The molecule has 0 aliphatic heterocycles. The third-order valence-electron chi connectivity index (χ3n) is 1.62. The van der Waals surface area contributed by atoms with Crippen LogP contribution in [0.3, 0.4) is 0 Å². The van der Waals surface area contributed by atoms with Gasteiger partial charge in [0.15, 0.2) is 0 Å². The molecule has 13 heavy (non-hydrogen) atoms. The molecule has 2 heterocycles. The fourth-order valence-electron chi connectivity index (χ4n) is 1.01. The van der Waals surface area contributed by atoms with E-state index in [9.17, 15) is 8.42 Å². The average molecular weight is 213 g/mol. The zero-order chi connectivity index (χ0) is 9.31. The quantitative estimate of drug-likeness (QED) is 0.828. The van der Waals surface area contributed by atoms with E-state index < -0.39 is 9.84 Å². The number of H-pyrrole nitrogens is 1. The van der Waals surface area contributed by atoms with E-state index in [4.69, 9.17) is 0 Å². The van der Waals surface area contributed by atoms with Gasteiger partial charge in [-0.15, -0.1) is 11.3 Å². The third kappa shape index (κ3) is 1.40. The van der Waals surface area contributed by atoms with Crippen molar-refractivity contribution in [1.29, 1.82) is 0 Å². The van der Waals surface area contributed by atoms with Crippen LogP contribution >= 0.6 is 11.3 Å². The van der Waals surface area contributed by atoms with E-state index in [1.54, 1.807) is 35.8 Å². The maximum atomic E-state index is 11.7. The zero-order valence-corrected chi connectivity index (χ0v) is 8.23. The molecule has 2 aromatic heterocycles. The summed E-state index contributed by atoms with van der Waals surface area (Å²) in [4.78, 5) is 2.68. The van der Waals surface area contributed by atoms with Crippen LogP contribution in [0.5, 0.6) is 0 Å². The first kappa shape index (κ1) is 8.52. The fraction of sp³-hybridized carbons (Fsp3) is 0. The van der Waals surface area contributed by atoms with Gasteiger partial charge in [-0.25, -0.2) is 8.42 Å². The first-order chi connectivity index (χ1) is 6.21. The standard InChI is InChI=1S/C8H7NO2S2/c10-13(11,7-3-1-5-9-7)8-4-2-6-12-8/h1-6,9H. The molecule has 2 aromatic rings. The first-order valence-electron chi connectivity index (χ1n) is 3.63. The molecule has 0 saturated carbocycles. The lowest BCUT2D eigenvalue weighted by molar-refractivity contribution is 0.595. The lowest BCUT2D eigenvalue weighted by atomic mass is 10.7. The Hall–Kier alpha value is -1.07. The number of thiophene rings is 1. The number of sulfone groups is 1. The van der Waals surface area contributed by atoms with E-state index in [-0.39, 0.29) is 5.03 Å². The largest absolute Gasteiger partial charge is 0.352 e. The van der Waals surface area contributed by atoms with Crippen LogP contribution in [0.1, 0.15) is 0 Å². The molecule has 68 valence electrons. The minimum Gasteiger partial charge on any atom is -0.352 e. The van der Waals surface area contributed by atoms with Crippen LogP contribution < -0.4 is 0 Å². The van der Waals surface area contributed by atoms with Crippen molar-refractivity contribution >= 4 is 21.2 Å². The highest BCUT2D eigenvalue weighted by Gasteiger charge is 2.18. The molecule has 5 heteroatoms. The monoisotopic (exact) mass is 213 g/mol. The van der Waals surface area contributed by atoms with E-state index >= 15 is 0 Å². The van der Waals surface area contributed by atoms with Gasteiger partial charge in [0, 0.05) is 6.20 Å². The Morgan fingerprint density at radius 3 is 2.62 bits per heavy atom. The second-order valence-electron chi connectivity index (χ2n) is 2.47. The van der Waals surface area contributed by atoms with Crippen molar-refractivity contribution in [2.45, 2.75) is 9.24 Å². The number of hydrogen-bond acceptors (Lipinski definition) is 3. The van der Waals surface area contributed by atoms with E-state index in [0.29, 0.717) is 4.21 Å². The summed E-state index contributed by atoms with van der Waals surface area (Å²) in [6.07, 6.45) is 1.60. The number of aromatic amines is 1. The van der Waals surface area contributed by atoms with Crippen molar-refractivity contribution in [3.8, 4) is 0 Å². The van der Waals surface area contributed by atoms with Crippen molar-refractivity contribution in [3.05, 3.63) is 35.8 Å². The first-order valence-corrected chi connectivity index (χ1v) is 5.99. The minimum absolute atomic E-state index is 0.245. The van der Waals surface area contributed by atoms with Crippen LogP contribution in [0.25, 0.3) is 0 Å². The van der Waals surface area contributed by atoms with Gasteiger partial charge in [-0.1, -0.05) is 6.07 Å². The van der Waals surface area contributed by atoms with Gasteiger partial charge in [0.25, 0.3) is 0 Å². The molecule has 0 unspecified atom stereocenters. The molecule has 0 atom stereocenters. The van der Waals surface area contributed by atoms with Gasteiger partial charge in [0.05, 0.1) is 0 Å². The maximum absolute atomic E-state index is 11.7. The molecule has 1 N–H and O–H groups in total. The Labute approximate surface area is 80.0 Å². The minimum atomic E-state index is -3.29. The molecule has 0 aliphatic rings. The van der Waals surface area contributed by atoms with Gasteiger partial charge >= 0.3 is 0 Å². The van der Waals surface area contributed by atoms with Crippen molar-refractivity contribution in [2.24, 2.45) is 0 Å². The van der Waals surface area contributed by atoms with Gasteiger partial charge in [-0.2, -0.15) is 0 Å². The van der Waals surface area contributed by atoms with Gasteiger partial charge in [-0.3, -0.25) is 0 Å². The lowest BCUT2D eigenvalue weighted by Gasteiger charge is -1.96. The van der Waals surface area contributed by atoms with Crippen molar-refractivity contribution in [1.82, 2.24) is 4.98 Å². The summed E-state index contributed by atoms with van der Waals surface area (Å²) in [5, 5.41) is 1.99. The van der Waals surface area contributed by atoms with E-state index in [2.05, 4.69) is 4.98 Å². The zero-order valence-electron chi connectivity index (χ0n) is 6.60. The molecule has 0 amide bonds. The van der Waals surface area contributed by atoms with Crippen LogP contribution in [0, 0.1) is 0 Å². The topological polar surface area (TPSA) is 49.9 Å². The molecular formula is C8H7NO2S2. The van der Waals surface area contributed by atoms with Crippen molar-refractivity contribution < 1.29 is 8.42 Å². The summed E-state index contributed by atoms with van der Waals surface area (Å²) in [6, 6.07) is 6.54. The number of aromatic nitrogens is 1. The summed E-state index contributed by atoms with van der Waals surface area (Å²) < 4.78 is 23.8. The molecule has 0 radical (unpaired) electrons. The Bertz CT molecular complexity index is 428. The molecule has 0 spiro atoms. The van der Waals surface area contributed by atoms with Gasteiger partial charge in [0.2, 0.25) is 9.84 Å². The summed E-state index contributed by atoms with van der Waals surface area (Å²) in [5.41, 5.74) is 0. The summed E-state index contributed by atoms with van der Waals surface area (Å²) in [6.45, 7) is 0. The molecule has 0 aliphatic carbocycles. The summed E-state index contributed by atoms with van der Waals surface area (Å²) in [7, 11) is -3.29. The van der Waals surface area contributed by atoms with Crippen molar-refractivity contribution in [3.63, 3.8) is 0 Å². The van der Waals surface area contributed by atoms with Gasteiger partial charge in [-0.05, 0) is 23.6 Å². The highest BCUT2D eigenvalue weighted by Crippen LogP contribution is 2.22. The van der Waals surface area contributed by atoms with Crippen molar-refractivity contribution in [2.75, 3.05) is 0 Å². The van der Waals surface area contributed by atoms with E-state index in [0.717, 1.165) is 0 Å². The van der Waals surface area contributed by atoms with Crippen LogP contribution in [-0.2, 0) is 9.84 Å². The normalized spacial score (nSPS) is 11.7. The van der Waals surface area contributed by atoms with Crippen LogP contribution in [0.15, 0.2) is 45.1 Å². The van der Waals surface area contributed by atoms with Crippen LogP contribution in [0.4, 0.5) is 0 Å². The Balaban J connectivity index is 2.56. The molecule has 0 saturated heterocycles. The SMILES string of the molecule is O=S(=O)(c1ccc[nH]1)c1cccs1. The predicted octanol–water partition coefficient (Wildman–Crippen LogP) is 1.91. The van der Waals surface area contributed by atoms with Crippen LogP contribution in [0.2, 0.25) is 0 Å². The number of nitrogens with one attached hydrogen (secondary N) is 1. The average Bonchev–Trinajstić information content (AvgIpc) is 2.78. The fourth-order valence-corrected chi connectivity index (χ4v) is 3.35. The predicted molar refractivity (Wildman–Crippen MR) is 50.6 cm³/mol. The van der Waals surface area contributed by atoms with Gasteiger partial charge in [0.1, 0.15) is 9.24 Å². The Morgan fingerprint density at radius 2 is 2.08 bits per heavy atom. The molecule has 0 fully saturated rings. The van der Waals surface area contributed by atoms with E-state index in [1.165, 1.54) is 11.3 Å².